The molecule has 0 saturated carbocycles. The van der Waals surface area contributed by atoms with Crippen molar-refractivity contribution >= 4 is 34.0 Å². The van der Waals surface area contributed by atoms with E-state index in [0.29, 0.717) is 17.9 Å². The van der Waals surface area contributed by atoms with Crippen LogP contribution in [-0.2, 0) is 11.2 Å². The molecule has 3 aromatic heterocycles. The number of pyridine rings is 1. The molecule has 3 rings (SSSR count). The highest BCUT2D eigenvalue weighted by Gasteiger charge is 2.21. The number of hydrazine groups is 1. The molecule has 0 aliphatic heterocycles. The summed E-state index contributed by atoms with van der Waals surface area (Å²) in [5.41, 5.74) is 8.46. The van der Waals surface area contributed by atoms with Gasteiger partial charge in [-0.15, -0.1) is 28.0 Å². The first-order valence-corrected chi connectivity index (χ1v) is 11.1. The van der Waals surface area contributed by atoms with Gasteiger partial charge in [0, 0.05) is 29.9 Å². The Labute approximate surface area is 200 Å². The number of carboxylic acids is 1. The van der Waals surface area contributed by atoms with Crippen LogP contribution in [0.4, 0.5) is 5.13 Å². The molecule has 0 aliphatic carbocycles. The van der Waals surface area contributed by atoms with Gasteiger partial charge in [0.05, 0.1) is 5.56 Å². The molecule has 0 bridgehead atoms. The number of nitrogens with zero attached hydrogens (tertiary/aromatic N) is 4. The monoisotopic (exact) mass is 477 g/mol. The highest BCUT2D eigenvalue weighted by Crippen LogP contribution is 2.15. The smallest absolute Gasteiger partial charge is 0.338 e. The van der Waals surface area contributed by atoms with Crippen molar-refractivity contribution in [1.82, 2.24) is 30.3 Å². The summed E-state index contributed by atoms with van der Waals surface area (Å²) in [5.74, 6) is 0.642. The van der Waals surface area contributed by atoms with Gasteiger partial charge in [-0.1, -0.05) is 31.6 Å². The van der Waals surface area contributed by atoms with Gasteiger partial charge in [-0.2, -0.15) is 0 Å². The summed E-state index contributed by atoms with van der Waals surface area (Å²) in [6.45, 7) is 5.90. The number of carbonyl (C=O) groups is 2. The molecule has 34 heavy (non-hydrogen) atoms. The van der Waals surface area contributed by atoms with Crippen molar-refractivity contribution in [3.63, 3.8) is 0 Å². The van der Waals surface area contributed by atoms with Crippen LogP contribution in [0.3, 0.4) is 0 Å². The maximum absolute atomic E-state index is 12.6. The molecule has 0 fully saturated rings. The van der Waals surface area contributed by atoms with Crippen LogP contribution in [0, 0.1) is 12.3 Å². The number of fused-ring (bicyclic) bond motifs is 1. The van der Waals surface area contributed by atoms with Crippen LogP contribution in [0.2, 0.25) is 0 Å². The number of aliphatic carboxylic acids is 1. The number of carboxylic acid groups (broad SMARTS) is 1. The normalized spacial score (nSPS) is 12.6. The minimum atomic E-state index is -1.44. The second-order valence-corrected chi connectivity index (χ2v) is 7.79. The predicted molar refractivity (Wildman–Crippen MR) is 130 cm³/mol. The number of amides is 1. The number of aromatic nitrogens is 4. The van der Waals surface area contributed by atoms with E-state index in [0.717, 1.165) is 22.8 Å². The lowest BCUT2D eigenvalue weighted by Gasteiger charge is -2.09. The van der Waals surface area contributed by atoms with E-state index in [1.165, 1.54) is 17.4 Å². The topological polar surface area (TPSA) is 134 Å². The van der Waals surface area contributed by atoms with Crippen LogP contribution in [-0.4, -0.2) is 42.6 Å². The number of carbonyl (C=O) groups excluding carboxylic acids is 1. The molecule has 0 aromatic carbocycles. The fourth-order valence-electron chi connectivity index (χ4n) is 2.90. The SMILES string of the molecule is C#C[C@H](NC(=O)c1cccn2c(C/C(C=C)=C/C=C(\CC)NNc3nccs3)nnc12)C(=O)O. The van der Waals surface area contributed by atoms with E-state index in [4.69, 9.17) is 11.5 Å². The number of thiazole rings is 1. The van der Waals surface area contributed by atoms with Gasteiger partial charge in [-0.05, 0) is 30.2 Å². The third kappa shape index (κ3) is 5.87. The first-order valence-electron chi connectivity index (χ1n) is 10.2. The zero-order chi connectivity index (χ0) is 24.5. The second-order valence-electron chi connectivity index (χ2n) is 6.90. The Hall–Kier alpha value is -4.43. The van der Waals surface area contributed by atoms with E-state index < -0.39 is 17.9 Å². The lowest BCUT2D eigenvalue weighted by molar-refractivity contribution is -0.137. The van der Waals surface area contributed by atoms with E-state index in [1.807, 2.05) is 30.4 Å². The van der Waals surface area contributed by atoms with E-state index in [-0.39, 0.29) is 5.56 Å². The molecule has 3 aromatic rings. The van der Waals surface area contributed by atoms with Crippen molar-refractivity contribution in [3.8, 4) is 12.3 Å². The third-order valence-electron chi connectivity index (χ3n) is 4.71. The van der Waals surface area contributed by atoms with Gasteiger partial charge in [0.2, 0.25) is 5.13 Å². The van der Waals surface area contributed by atoms with E-state index >= 15 is 0 Å². The molecule has 4 N–H and O–H groups in total. The number of terminal acetylenes is 1. The molecule has 1 atom stereocenters. The summed E-state index contributed by atoms with van der Waals surface area (Å²) in [5, 5.41) is 22.3. The standard InChI is InChI=1S/C23H23N7O3S/c1-4-15(9-10-16(5-2)26-29-23-24-11-13-34-23)14-19-27-28-20-17(8-7-12-30(19)20)21(31)25-18(6-3)22(32)33/h3-4,7-13,18,26H,1,5,14H2,2H3,(H,24,29)(H,25,31)(H,32,33)/b15-9+,16-10+/t18-/m0/s1. The first kappa shape index (κ1) is 24.2. The number of hydrogen-bond acceptors (Lipinski definition) is 8. The molecule has 0 spiro atoms. The van der Waals surface area contributed by atoms with E-state index in [2.05, 4.69) is 37.9 Å². The minimum Gasteiger partial charge on any atom is -0.479 e. The van der Waals surface area contributed by atoms with Crippen molar-refractivity contribution in [3.05, 3.63) is 77.4 Å². The van der Waals surface area contributed by atoms with Crippen molar-refractivity contribution < 1.29 is 14.7 Å². The fraction of sp³-hybridized carbons (Fsp3) is 0.174. The maximum atomic E-state index is 12.6. The Morgan fingerprint density at radius 1 is 1.38 bits per heavy atom. The number of anilines is 1. The van der Waals surface area contributed by atoms with Crippen molar-refractivity contribution in [2.45, 2.75) is 25.8 Å². The molecule has 0 unspecified atom stereocenters. The summed E-state index contributed by atoms with van der Waals surface area (Å²) >= 11 is 1.49. The Bertz CT molecular complexity index is 1290. The van der Waals surface area contributed by atoms with Gasteiger partial charge in [0.1, 0.15) is 5.82 Å². The molecule has 10 nitrogen and oxygen atoms in total. The van der Waals surface area contributed by atoms with Gasteiger partial charge in [0.15, 0.2) is 11.7 Å². The highest BCUT2D eigenvalue weighted by atomic mass is 32.1. The largest absolute Gasteiger partial charge is 0.479 e. The number of hydrogen-bond donors (Lipinski definition) is 4. The summed E-state index contributed by atoms with van der Waals surface area (Å²) in [6.07, 6.45) is 15.4. The Morgan fingerprint density at radius 2 is 2.21 bits per heavy atom. The van der Waals surface area contributed by atoms with Crippen molar-refractivity contribution in [2.24, 2.45) is 0 Å². The van der Waals surface area contributed by atoms with Gasteiger partial charge >= 0.3 is 5.97 Å². The second kappa shape index (κ2) is 11.4. The zero-order valence-corrected chi connectivity index (χ0v) is 19.2. The number of nitrogens with one attached hydrogen (secondary N) is 3. The average Bonchev–Trinajstić information content (AvgIpc) is 3.51. The Balaban J connectivity index is 1.78. The van der Waals surface area contributed by atoms with Gasteiger partial charge < -0.3 is 15.8 Å². The molecule has 0 aliphatic rings. The van der Waals surface area contributed by atoms with Crippen LogP contribution in [0.15, 0.2) is 66.0 Å². The van der Waals surface area contributed by atoms with E-state index in [9.17, 15) is 9.59 Å². The summed E-state index contributed by atoms with van der Waals surface area (Å²) < 4.78 is 1.67. The van der Waals surface area contributed by atoms with Crippen molar-refractivity contribution in [2.75, 3.05) is 5.43 Å². The zero-order valence-electron chi connectivity index (χ0n) is 18.4. The van der Waals surface area contributed by atoms with Crippen molar-refractivity contribution in [1.29, 1.82) is 0 Å². The van der Waals surface area contributed by atoms with E-state index in [1.54, 1.807) is 28.9 Å². The predicted octanol–water partition coefficient (Wildman–Crippen LogP) is 2.57. The van der Waals surface area contributed by atoms with Crippen LogP contribution in [0.25, 0.3) is 5.65 Å². The lowest BCUT2D eigenvalue weighted by Crippen LogP contribution is -2.39. The lowest BCUT2D eigenvalue weighted by atomic mass is 10.1. The van der Waals surface area contributed by atoms with Gasteiger partial charge in [-0.3, -0.25) is 14.6 Å². The molecular formula is C23H23N7O3S. The van der Waals surface area contributed by atoms with Crippen LogP contribution >= 0.6 is 11.3 Å². The molecule has 3 heterocycles. The van der Waals surface area contributed by atoms with Crippen LogP contribution in [0.5, 0.6) is 0 Å². The van der Waals surface area contributed by atoms with Gasteiger partial charge in [-0.25, -0.2) is 9.78 Å². The third-order valence-corrected chi connectivity index (χ3v) is 5.39. The molecule has 11 heteroatoms. The summed E-state index contributed by atoms with van der Waals surface area (Å²) in [4.78, 5) is 27.9. The number of rotatable bonds is 11. The first-order chi connectivity index (χ1) is 16.5. The maximum Gasteiger partial charge on any atom is 0.338 e. The molecule has 1 amide bonds. The highest BCUT2D eigenvalue weighted by molar-refractivity contribution is 7.13. The number of allylic oxidation sites excluding steroid dienone is 5. The average molecular weight is 478 g/mol. The minimum absolute atomic E-state index is 0.164. The summed E-state index contributed by atoms with van der Waals surface area (Å²) in [6, 6.07) is 1.74. The molecule has 174 valence electrons. The molecule has 0 saturated heterocycles. The van der Waals surface area contributed by atoms with Crippen LogP contribution < -0.4 is 16.2 Å². The summed E-state index contributed by atoms with van der Waals surface area (Å²) in [7, 11) is 0. The molecular weight excluding hydrogens is 454 g/mol. The van der Waals surface area contributed by atoms with Crippen LogP contribution in [0.1, 0.15) is 29.5 Å². The van der Waals surface area contributed by atoms with Gasteiger partial charge in [0.25, 0.3) is 5.91 Å². The Kier molecular flexibility index (Phi) is 8.15. The molecule has 0 radical (unpaired) electrons. The Morgan fingerprint density at radius 3 is 2.85 bits per heavy atom. The fourth-order valence-corrected chi connectivity index (χ4v) is 3.38. The quantitative estimate of drug-likeness (QED) is 0.188.